The predicted octanol–water partition coefficient (Wildman–Crippen LogP) is 3.55. The fourth-order valence-corrected chi connectivity index (χ4v) is 4.66. The molecule has 1 saturated heterocycles. The number of rotatable bonds is 14. The molecule has 4 N–H and O–H groups in total. The zero-order chi connectivity index (χ0) is 29.3. The van der Waals surface area contributed by atoms with Gasteiger partial charge < -0.3 is 26.0 Å². The molecular weight excluding hydrogens is 508 g/mol. The maximum absolute atomic E-state index is 13.6. The van der Waals surface area contributed by atoms with E-state index < -0.39 is 41.6 Å². The number of benzene rings is 1. The van der Waals surface area contributed by atoms with Crippen molar-refractivity contribution in [1.29, 1.82) is 0 Å². The number of amides is 4. The summed E-state index contributed by atoms with van der Waals surface area (Å²) in [5.41, 5.74) is 0.658. The van der Waals surface area contributed by atoms with Gasteiger partial charge in [0.25, 0.3) is 0 Å². The third-order valence-corrected chi connectivity index (χ3v) is 6.94. The Morgan fingerprint density at radius 2 is 1.45 bits per heavy atom. The van der Waals surface area contributed by atoms with Gasteiger partial charge in [0.2, 0.25) is 11.8 Å². The molecule has 2 aliphatic rings. The van der Waals surface area contributed by atoms with Gasteiger partial charge in [-0.3, -0.25) is 14.4 Å². The van der Waals surface area contributed by atoms with Crippen LogP contribution < -0.4 is 21.3 Å². The van der Waals surface area contributed by atoms with Gasteiger partial charge in [-0.25, -0.2) is 4.79 Å². The molecule has 0 aromatic heterocycles. The summed E-state index contributed by atoms with van der Waals surface area (Å²) in [5.74, 6) is -0.811. The Kier molecular flexibility index (Phi) is 11.1. The molecule has 1 fully saturated rings. The third kappa shape index (κ3) is 9.62. The molecule has 1 aromatic rings. The highest BCUT2D eigenvalue weighted by Gasteiger charge is 2.50. The van der Waals surface area contributed by atoms with E-state index in [-0.39, 0.29) is 24.0 Å². The van der Waals surface area contributed by atoms with Gasteiger partial charge in [-0.05, 0) is 56.1 Å². The van der Waals surface area contributed by atoms with Crippen molar-refractivity contribution in [1.82, 2.24) is 21.3 Å². The van der Waals surface area contributed by atoms with Crippen molar-refractivity contribution in [2.45, 2.75) is 90.4 Å². The first-order valence-electron chi connectivity index (χ1n) is 14.2. The topological polar surface area (TPSA) is 129 Å². The molecule has 3 rings (SSSR count). The molecule has 40 heavy (non-hydrogen) atoms. The Labute approximate surface area is 237 Å². The fourth-order valence-electron chi connectivity index (χ4n) is 4.66. The standard InChI is InChI=1S/C31H44N4O5/c1-20(2)16-24(27(36)31(5)19-40-31)33-29(38)26(18-22-12-8-6-9-13-22)34-28(37)25(17-21(3)4)35-30(39)32-23-14-10-7-11-15-23/h6,8-10,12-15,20-21,24-26H,7,11,16-19H2,1-5H3,(H,33,38)(H,34,37)(H2,32,35,39)/t24-,25-,26-,31+/m0/s1. The van der Waals surface area contributed by atoms with E-state index in [0.717, 1.165) is 18.4 Å². The summed E-state index contributed by atoms with van der Waals surface area (Å²) in [4.78, 5) is 53.0. The van der Waals surface area contributed by atoms with Crippen LogP contribution in [0.4, 0.5) is 4.79 Å². The molecule has 4 amide bonds. The van der Waals surface area contributed by atoms with Gasteiger partial charge in [-0.15, -0.1) is 0 Å². The number of urea groups is 1. The fraction of sp³-hybridized carbons (Fsp3) is 0.548. The predicted molar refractivity (Wildman–Crippen MR) is 154 cm³/mol. The van der Waals surface area contributed by atoms with E-state index in [9.17, 15) is 19.2 Å². The Hall–Kier alpha value is -3.46. The molecule has 0 unspecified atom stereocenters. The number of allylic oxidation sites excluding steroid dienone is 3. The normalized spacial score (nSPS) is 20.2. The molecule has 218 valence electrons. The number of carbonyl (C=O) groups is 4. The second-order valence-corrected chi connectivity index (χ2v) is 11.7. The van der Waals surface area contributed by atoms with Crippen molar-refractivity contribution >= 4 is 23.6 Å². The molecule has 0 bridgehead atoms. The lowest BCUT2D eigenvalue weighted by molar-refractivity contribution is -0.133. The van der Waals surface area contributed by atoms with Crippen molar-refractivity contribution in [2.75, 3.05) is 6.61 Å². The first-order chi connectivity index (χ1) is 19.0. The monoisotopic (exact) mass is 552 g/mol. The number of carbonyl (C=O) groups excluding carboxylic acids is 4. The number of ketones is 1. The van der Waals surface area contributed by atoms with Crippen LogP contribution in [0.3, 0.4) is 0 Å². The Morgan fingerprint density at radius 1 is 0.850 bits per heavy atom. The average molecular weight is 553 g/mol. The van der Waals surface area contributed by atoms with Gasteiger partial charge in [0.1, 0.15) is 17.7 Å². The van der Waals surface area contributed by atoms with Gasteiger partial charge in [-0.1, -0.05) is 70.2 Å². The summed E-state index contributed by atoms with van der Waals surface area (Å²) in [6.45, 7) is 9.95. The number of hydrogen-bond donors (Lipinski definition) is 4. The highest BCUT2D eigenvalue weighted by atomic mass is 16.6. The van der Waals surface area contributed by atoms with Crippen LogP contribution in [-0.2, 0) is 25.5 Å². The Bertz CT molecular complexity index is 1110. The highest BCUT2D eigenvalue weighted by Crippen LogP contribution is 2.29. The summed E-state index contributed by atoms with van der Waals surface area (Å²) in [6, 6.07) is 6.35. The van der Waals surface area contributed by atoms with Crippen LogP contribution >= 0.6 is 0 Å². The van der Waals surface area contributed by atoms with Crippen LogP contribution in [0.5, 0.6) is 0 Å². The number of Topliss-reactive ketones (excluding diaryl/α,β-unsaturated/α-hetero) is 1. The van der Waals surface area contributed by atoms with E-state index in [1.807, 2.05) is 76.3 Å². The minimum atomic E-state index is -0.950. The summed E-state index contributed by atoms with van der Waals surface area (Å²) in [6.07, 6.45) is 8.58. The zero-order valence-electron chi connectivity index (χ0n) is 24.3. The van der Waals surface area contributed by atoms with E-state index in [4.69, 9.17) is 4.74 Å². The van der Waals surface area contributed by atoms with E-state index in [0.29, 0.717) is 25.1 Å². The molecule has 0 spiro atoms. The van der Waals surface area contributed by atoms with Crippen molar-refractivity contribution in [3.05, 3.63) is 59.8 Å². The van der Waals surface area contributed by atoms with Crippen LogP contribution in [0.25, 0.3) is 0 Å². The van der Waals surface area contributed by atoms with Gasteiger partial charge in [-0.2, -0.15) is 0 Å². The highest BCUT2D eigenvalue weighted by molar-refractivity contribution is 5.98. The van der Waals surface area contributed by atoms with Crippen LogP contribution in [-0.4, -0.2) is 54.0 Å². The largest absolute Gasteiger partial charge is 0.361 e. The number of ether oxygens (including phenoxy) is 1. The molecule has 1 aliphatic heterocycles. The van der Waals surface area contributed by atoms with Crippen molar-refractivity contribution in [3.63, 3.8) is 0 Å². The van der Waals surface area contributed by atoms with E-state index in [1.165, 1.54) is 0 Å². The molecular formula is C31H44N4O5. The summed E-state index contributed by atoms with van der Waals surface area (Å²) >= 11 is 0. The van der Waals surface area contributed by atoms with Crippen LogP contribution in [0.15, 0.2) is 54.3 Å². The second-order valence-electron chi connectivity index (χ2n) is 11.7. The summed E-state index contributed by atoms with van der Waals surface area (Å²) in [7, 11) is 0. The molecule has 1 aromatic carbocycles. The molecule has 0 saturated carbocycles. The van der Waals surface area contributed by atoms with Gasteiger partial charge in [0, 0.05) is 12.1 Å². The molecule has 9 nitrogen and oxygen atoms in total. The van der Waals surface area contributed by atoms with E-state index in [1.54, 1.807) is 6.92 Å². The number of epoxide rings is 1. The maximum atomic E-state index is 13.6. The van der Waals surface area contributed by atoms with Crippen LogP contribution in [0.2, 0.25) is 0 Å². The minimum absolute atomic E-state index is 0.110. The number of hydrogen-bond acceptors (Lipinski definition) is 5. The van der Waals surface area contributed by atoms with Crippen LogP contribution in [0, 0.1) is 11.8 Å². The first-order valence-corrected chi connectivity index (χ1v) is 14.2. The summed E-state index contributed by atoms with van der Waals surface area (Å²) in [5, 5.41) is 11.3. The molecule has 9 heteroatoms. The molecule has 0 radical (unpaired) electrons. The van der Waals surface area contributed by atoms with Crippen LogP contribution in [0.1, 0.15) is 65.9 Å². The van der Waals surface area contributed by atoms with E-state index >= 15 is 0 Å². The lowest BCUT2D eigenvalue weighted by Gasteiger charge is -2.27. The molecule has 4 atom stereocenters. The lowest BCUT2D eigenvalue weighted by Crippen LogP contribution is -2.58. The van der Waals surface area contributed by atoms with E-state index in [2.05, 4.69) is 21.3 Å². The third-order valence-electron chi connectivity index (χ3n) is 6.94. The molecule has 1 aliphatic carbocycles. The van der Waals surface area contributed by atoms with Crippen molar-refractivity contribution < 1.29 is 23.9 Å². The second kappa shape index (κ2) is 14.3. The minimum Gasteiger partial charge on any atom is -0.361 e. The van der Waals surface area contributed by atoms with Gasteiger partial charge in [0.05, 0.1) is 12.6 Å². The summed E-state index contributed by atoms with van der Waals surface area (Å²) < 4.78 is 5.36. The number of nitrogens with one attached hydrogen (secondary N) is 4. The SMILES string of the molecule is CC(C)C[C@H](NC(=O)NC1=CCCC=C1)C(=O)N[C@@H](Cc1ccccc1)C(=O)N[C@@H](CC(C)C)C(=O)[C@@]1(C)CO1. The average Bonchev–Trinajstić information content (AvgIpc) is 3.66. The Morgan fingerprint density at radius 3 is 2.02 bits per heavy atom. The first kappa shape index (κ1) is 31.1. The molecule has 1 heterocycles. The van der Waals surface area contributed by atoms with Crippen molar-refractivity contribution in [3.8, 4) is 0 Å². The zero-order valence-corrected chi connectivity index (χ0v) is 24.3. The van der Waals surface area contributed by atoms with Gasteiger partial charge in [0.15, 0.2) is 5.78 Å². The Balaban J connectivity index is 1.76. The maximum Gasteiger partial charge on any atom is 0.319 e. The van der Waals surface area contributed by atoms with Crippen molar-refractivity contribution in [2.24, 2.45) is 11.8 Å². The smallest absolute Gasteiger partial charge is 0.319 e. The van der Waals surface area contributed by atoms with Gasteiger partial charge >= 0.3 is 6.03 Å². The lowest BCUT2D eigenvalue weighted by atomic mass is 9.93. The quantitative estimate of drug-likeness (QED) is 0.263.